The number of hydrogen-bond donors (Lipinski definition) is 3. The minimum Gasteiger partial charge on any atom is -0.477 e. The molecule has 28 heavy (non-hydrogen) atoms. The van der Waals surface area contributed by atoms with Gasteiger partial charge in [0.15, 0.2) is 16.1 Å². The number of aryl methyl sites for hydroxylation is 2. The summed E-state index contributed by atoms with van der Waals surface area (Å²) in [6.45, 7) is 4.72. The molecule has 3 N–H and O–H groups in total. The molecular weight excluding hydrogens is 406 g/mol. The van der Waals surface area contributed by atoms with E-state index in [1.165, 1.54) is 0 Å². The molecule has 1 fully saturated rings. The van der Waals surface area contributed by atoms with Crippen molar-refractivity contribution in [2.45, 2.75) is 38.8 Å². The van der Waals surface area contributed by atoms with Gasteiger partial charge in [0.05, 0.1) is 23.5 Å². The first kappa shape index (κ1) is 20.6. The van der Waals surface area contributed by atoms with Crippen LogP contribution < -0.4 is 10.2 Å². The van der Waals surface area contributed by atoms with Crippen molar-refractivity contribution in [2.24, 2.45) is 0 Å². The van der Waals surface area contributed by atoms with Gasteiger partial charge >= 0.3 is 5.97 Å². The molecule has 2 aromatic heterocycles. The average Bonchev–Trinajstić information content (AvgIpc) is 3.24. The number of aromatic carboxylic acids is 1. The van der Waals surface area contributed by atoms with E-state index in [1.807, 2.05) is 11.8 Å². The van der Waals surface area contributed by atoms with Gasteiger partial charge in [-0.2, -0.15) is 0 Å². The van der Waals surface area contributed by atoms with Crippen molar-refractivity contribution in [3.05, 3.63) is 27.2 Å². The molecule has 1 amide bonds. The summed E-state index contributed by atoms with van der Waals surface area (Å²) in [6, 6.07) is -0.206. The maximum atomic E-state index is 12.5. The molecule has 0 spiro atoms. The van der Waals surface area contributed by atoms with Crippen molar-refractivity contribution in [3.8, 4) is 0 Å². The fourth-order valence-corrected chi connectivity index (χ4v) is 4.38. The summed E-state index contributed by atoms with van der Waals surface area (Å²) < 4.78 is 5.57. The highest BCUT2D eigenvalue weighted by Crippen LogP contribution is 2.29. The molecular formula is C17H22ClN5O4S. The lowest BCUT2D eigenvalue weighted by Gasteiger charge is -2.37. The number of aromatic nitrogens is 3. The zero-order valence-electron chi connectivity index (χ0n) is 15.8. The highest BCUT2D eigenvalue weighted by Gasteiger charge is 2.33. The number of nitrogens with one attached hydrogen (secondary N) is 2. The third-order valence-electron chi connectivity index (χ3n) is 4.73. The number of rotatable bonds is 6. The maximum absolute atomic E-state index is 12.5. The largest absolute Gasteiger partial charge is 0.477 e. The van der Waals surface area contributed by atoms with Crippen LogP contribution in [0, 0.1) is 6.92 Å². The summed E-state index contributed by atoms with van der Waals surface area (Å²) >= 11 is 7.16. The quantitative estimate of drug-likeness (QED) is 0.645. The van der Waals surface area contributed by atoms with Crippen LogP contribution >= 0.6 is 22.9 Å². The van der Waals surface area contributed by atoms with Gasteiger partial charge in [0.25, 0.3) is 5.91 Å². The minimum atomic E-state index is -0.977. The monoisotopic (exact) mass is 427 g/mol. The number of thiazole rings is 1. The van der Waals surface area contributed by atoms with Crippen LogP contribution in [-0.4, -0.2) is 64.3 Å². The summed E-state index contributed by atoms with van der Waals surface area (Å²) in [5.41, 5.74) is 1.22. The van der Waals surface area contributed by atoms with Gasteiger partial charge in [-0.15, -0.1) is 0 Å². The van der Waals surface area contributed by atoms with Gasteiger partial charge in [0.2, 0.25) is 0 Å². The number of anilines is 1. The van der Waals surface area contributed by atoms with Crippen molar-refractivity contribution in [2.75, 3.05) is 25.1 Å². The van der Waals surface area contributed by atoms with E-state index in [9.17, 15) is 14.7 Å². The van der Waals surface area contributed by atoms with Crippen molar-refractivity contribution < 1.29 is 19.4 Å². The number of nitrogens with zero attached hydrogens (tertiary/aromatic N) is 3. The molecule has 3 heterocycles. The molecule has 3 rings (SSSR count). The first-order valence-electron chi connectivity index (χ1n) is 8.87. The second kappa shape index (κ2) is 8.46. The van der Waals surface area contributed by atoms with Crippen molar-refractivity contribution in [1.82, 2.24) is 20.3 Å². The molecule has 2 aromatic rings. The summed E-state index contributed by atoms with van der Waals surface area (Å²) in [4.78, 5) is 37.4. The van der Waals surface area contributed by atoms with Crippen molar-refractivity contribution >= 4 is 39.9 Å². The number of carboxylic acids is 1. The molecule has 0 aromatic carbocycles. The van der Waals surface area contributed by atoms with E-state index in [0.29, 0.717) is 41.9 Å². The van der Waals surface area contributed by atoms with Gasteiger partial charge in [-0.3, -0.25) is 4.79 Å². The van der Waals surface area contributed by atoms with Gasteiger partial charge in [0.1, 0.15) is 4.88 Å². The van der Waals surface area contributed by atoms with E-state index in [-0.39, 0.29) is 28.8 Å². The van der Waals surface area contributed by atoms with E-state index in [1.54, 1.807) is 14.0 Å². The molecule has 152 valence electrons. The summed E-state index contributed by atoms with van der Waals surface area (Å²) in [7, 11) is 1.59. The first-order chi connectivity index (χ1) is 13.3. The predicted octanol–water partition coefficient (Wildman–Crippen LogP) is 2.11. The lowest BCUT2D eigenvalue weighted by Crippen LogP contribution is -2.55. The third-order valence-corrected chi connectivity index (χ3v) is 6.24. The number of ether oxygens (including phenoxy) is 1. The van der Waals surface area contributed by atoms with Crippen LogP contribution in [0.25, 0.3) is 0 Å². The Hall–Kier alpha value is -2.17. The Morgan fingerprint density at radius 1 is 1.46 bits per heavy atom. The number of carbonyl (C=O) groups is 2. The van der Waals surface area contributed by atoms with Crippen LogP contribution in [0.4, 0.5) is 5.13 Å². The average molecular weight is 428 g/mol. The molecule has 1 aliphatic rings. The SMILES string of the molecule is CCc1[nH]c(C(=O)NC2CCN(c3nc(C)c(C(=O)O)s3)C[C@@H]2OC)nc1Cl. The second-order valence-corrected chi connectivity index (χ2v) is 7.85. The van der Waals surface area contributed by atoms with E-state index < -0.39 is 5.97 Å². The van der Waals surface area contributed by atoms with Crippen LogP contribution in [-0.2, 0) is 11.2 Å². The zero-order valence-corrected chi connectivity index (χ0v) is 17.4. The number of imidazole rings is 1. The number of hydrogen-bond acceptors (Lipinski definition) is 7. The number of piperidine rings is 1. The Morgan fingerprint density at radius 2 is 2.21 bits per heavy atom. The van der Waals surface area contributed by atoms with Crippen molar-refractivity contribution in [1.29, 1.82) is 0 Å². The Labute approximate surface area is 171 Å². The van der Waals surface area contributed by atoms with Crippen LogP contribution in [0.5, 0.6) is 0 Å². The highest BCUT2D eigenvalue weighted by atomic mass is 35.5. The summed E-state index contributed by atoms with van der Waals surface area (Å²) in [6.07, 6.45) is 1.01. The maximum Gasteiger partial charge on any atom is 0.347 e. The number of H-pyrrole nitrogens is 1. The van der Waals surface area contributed by atoms with Gasteiger partial charge in [-0.25, -0.2) is 14.8 Å². The van der Waals surface area contributed by atoms with E-state index in [0.717, 1.165) is 17.0 Å². The molecule has 9 nitrogen and oxygen atoms in total. The Balaban J connectivity index is 1.68. The smallest absolute Gasteiger partial charge is 0.347 e. The number of methoxy groups -OCH3 is 1. The molecule has 1 aliphatic heterocycles. The molecule has 0 saturated carbocycles. The first-order valence-corrected chi connectivity index (χ1v) is 10.1. The fourth-order valence-electron chi connectivity index (χ4n) is 3.18. The number of carbonyl (C=O) groups excluding carboxylic acids is 1. The molecule has 0 aliphatic carbocycles. The lowest BCUT2D eigenvalue weighted by atomic mass is 10.0. The Bertz CT molecular complexity index is 883. The fraction of sp³-hybridized carbons (Fsp3) is 0.529. The Morgan fingerprint density at radius 3 is 2.79 bits per heavy atom. The molecule has 1 saturated heterocycles. The van der Waals surface area contributed by atoms with Crippen LogP contribution in [0.3, 0.4) is 0 Å². The normalized spacial score (nSPS) is 19.6. The van der Waals surface area contributed by atoms with Crippen LogP contribution in [0.1, 0.15) is 45.0 Å². The standard InChI is InChI=1S/C17H22ClN5O4S/c1-4-9-13(18)22-14(20-9)15(24)21-10-5-6-23(7-11(10)27-3)17-19-8(2)12(28-17)16(25)26/h10-11H,4-7H2,1-3H3,(H,20,22)(H,21,24)(H,25,26)/t10?,11-/m0/s1. The number of carboxylic acid groups (broad SMARTS) is 1. The Kier molecular flexibility index (Phi) is 6.21. The van der Waals surface area contributed by atoms with Gasteiger partial charge in [-0.05, 0) is 19.8 Å². The number of halogens is 1. The molecule has 2 atom stereocenters. The minimum absolute atomic E-state index is 0.181. The van der Waals surface area contributed by atoms with Gasteiger partial charge in [0, 0.05) is 20.2 Å². The number of amides is 1. The van der Waals surface area contributed by atoms with E-state index in [4.69, 9.17) is 16.3 Å². The highest BCUT2D eigenvalue weighted by molar-refractivity contribution is 7.17. The number of aromatic amines is 1. The topological polar surface area (TPSA) is 120 Å². The van der Waals surface area contributed by atoms with Crippen LogP contribution in [0.15, 0.2) is 0 Å². The summed E-state index contributed by atoms with van der Waals surface area (Å²) in [5, 5.41) is 13.1. The molecule has 0 bridgehead atoms. The molecule has 0 radical (unpaired) electrons. The zero-order chi connectivity index (χ0) is 20.4. The van der Waals surface area contributed by atoms with E-state index in [2.05, 4.69) is 20.3 Å². The third kappa shape index (κ3) is 4.13. The second-order valence-electron chi connectivity index (χ2n) is 6.51. The van der Waals surface area contributed by atoms with Gasteiger partial charge < -0.3 is 25.0 Å². The summed E-state index contributed by atoms with van der Waals surface area (Å²) in [5.74, 6) is -1.13. The lowest BCUT2D eigenvalue weighted by molar-refractivity contribution is 0.0538. The van der Waals surface area contributed by atoms with Crippen molar-refractivity contribution in [3.63, 3.8) is 0 Å². The molecule has 1 unspecified atom stereocenters. The van der Waals surface area contributed by atoms with Crippen LogP contribution in [0.2, 0.25) is 5.15 Å². The van der Waals surface area contributed by atoms with Gasteiger partial charge in [-0.1, -0.05) is 29.9 Å². The molecule has 11 heteroatoms. The predicted molar refractivity (Wildman–Crippen MR) is 106 cm³/mol. The van der Waals surface area contributed by atoms with E-state index >= 15 is 0 Å².